The molecule has 0 aliphatic heterocycles. The van der Waals surface area contributed by atoms with Gasteiger partial charge in [-0.3, -0.25) is 14.5 Å². The molecule has 1 atom stereocenters. The molecule has 0 rings (SSSR count). The van der Waals surface area contributed by atoms with Gasteiger partial charge in [0.1, 0.15) is 0 Å². The predicted molar refractivity (Wildman–Crippen MR) is 66.6 cm³/mol. The molecule has 5 nitrogen and oxygen atoms in total. The van der Waals surface area contributed by atoms with Gasteiger partial charge in [0, 0.05) is 12.5 Å². The summed E-state index contributed by atoms with van der Waals surface area (Å²) in [4.78, 5) is 24.3. The van der Waals surface area contributed by atoms with Gasteiger partial charge < -0.3 is 10.1 Å². The minimum Gasteiger partial charge on any atom is -0.469 e. The number of carbonyl (C=O) groups excluding carboxylic acids is 2. The topological polar surface area (TPSA) is 58.6 Å². The van der Waals surface area contributed by atoms with E-state index >= 15 is 0 Å². The van der Waals surface area contributed by atoms with E-state index in [1.165, 1.54) is 7.11 Å². The van der Waals surface area contributed by atoms with Gasteiger partial charge in [-0.05, 0) is 33.4 Å². The second kappa shape index (κ2) is 8.98. The minimum absolute atomic E-state index is 0.0277. The normalized spacial score (nSPS) is 12.3. The second-order valence-corrected chi connectivity index (χ2v) is 4.29. The van der Waals surface area contributed by atoms with E-state index in [1.807, 2.05) is 25.8 Å². The summed E-state index contributed by atoms with van der Waals surface area (Å²) in [7, 11) is 3.25. The van der Waals surface area contributed by atoms with Crippen molar-refractivity contribution in [3.63, 3.8) is 0 Å². The fourth-order valence-electron chi connectivity index (χ4n) is 1.34. The van der Waals surface area contributed by atoms with E-state index in [0.29, 0.717) is 25.9 Å². The highest BCUT2D eigenvalue weighted by molar-refractivity contribution is 5.78. The molecule has 0 aliphatic rings. The number of carbonyl (C=O) groups is 2. The lowest BCUT2D eigenvalue weighted by Crippen LogP contribution is -2.39. The molecule has 0 spiro atoms. The number of amides is 1. The molecule has 0 radical (unpaired) electrons. The number of esters is 1. The van der Waals surface area contributed by atoms with Gasteiger partial charge in [-0.25, -0.2) is 0 Å². The van der Waals surface area contributed by atoms with Crippen LogP contribution in [0, 0.1) is 0 Å². The smallest absolute Gasteiger partial charge is 0.305 e. The quantitative estimate of drug-likeness (QED) is 0.641. The Labute approximate surface area is 103 Å². The van der Waals surface area contributed by atoms with Gasteiger partial charge in [-0.15, -0.1) is 0 Å². The SMILES string of the molecule is CCC(C)NC(=O)CN(C)CCCC(=O)OC. The molecular weight excluding hydrogens is 220 g/mol. The first-order chi connectivity index (χ1) is 7.99. The molecule has 1 N–H and O–H groups in total. The van der Waals surface area contributed by atoms with Gasteiger partial charge in [0.25, 0.3) is 0 Å². The Bertz CT molecular complexity index is 244. The van der Waals surface area contributed by atoms with Crippen molar-refractivity contribution in [2.45, 2.75) is 39.2 Å². The van der Waals surface area contributed by atoms with E-state index in [4.69, 9.17) is 0 Å². The van der Waals surface area contributed by atoms with Gasteiger partial charge in [-0.1, -0.05) is 6.92 Å². The van der Waals surface area contributed by atoms with E-state index in [9.17, 15) is 9.59 Å². The predicted octanol–water partition coefficient (Wildman–Crippen LogP) is 0.786. The molecule has 0 saturated carbocycles. The summed E-state index contributed by atoms with van der Waals surface area (Å²) >= 11 is 0. The van der Waals surface area contributed by atoms with Crippen LogP contribution in [0.15, 0.2) is 0 Å². The second-order valence-electron chi connectivity index (χ2n) is 4.29. The average Bonchev–Trinajstić information content (AvgIpc) is 2.28. The maximum absolute atomic E-state index is 11.5. The first-order valence-corrected chi connectivity index (χ1v) is 6.04. The average molecular weight is 244 g/mol. The van der Waals surface area contributed by atoms with Gasteiger partial charge in [0.2, 0.25) is 5.91 Å². The van der Waals surface area contributed by atoms with Crippen molar-refractivity contribution in [1.82, 2.24) is 10.2 Å². The Morgan fingerprint density at radius 2 is 2.06 bits per heavy atom. The Morgan fingerprint density at radius 3 is 2.59 bits per heavy atom. The summed E-state index contributed by atoms with van der Waals surface area (Å²) in [5, 5.41) is 2.90. The van der Waals surface area contributed by atoms with Crippen molar-refractivity contribution in [2.24, 2.45) is 0 Å². The molecule has 1 amide bonds. The van der Waals surface area contributed by atoms with Gasteiger partial charge >= 0.3 is 5.97 Å². The van der Waals surface area contributed by atoms with Crippen LogP contribution in [-0.2, 0) is 14.3 Å². The van der Waals surface area contributed by atoms with Crippen LogP contribution in [0.2, 0.25) is 0 Å². The highest BCUT2D eigenvalue weighted by Gasteiger charge is 2.09. The van der Waals surface area contributed by atoms with Crippen LogP contribution in [0.1, 0.15) is 33.1 Å². The number of hydrogen-bond acceptors (Lipinski definition) is 4. The number of nitrogens with one attached hydrogen (secondary N) is 1. The van der Waals surface area contributed by atoms with Gasteiger partial charge in [-0.2, -0.15) is 0 Å². The molecule has 0 bridgehead atoms. The molecule has 0 aliphatic carbocycles. The van der Waals surface area contributed by atoms with Crippen LogP contribution in [0.25, 0.3) is 0 Å². The fraction of sp³-hybridized carbons (Fsp3) is 0.833. The summed E-state index contributed by atoms with van der Waals surface area (Å²) in [6.07, 6.45) is 2.03. The van der Waals surface area contributed by atoms with E-state index in [1.54, 1.807) is 0 Å². The molecule has 0 saturated heterocycles. The van der Waals surface area contributed by atoms with Gasteiger partial charge in [0.15, 0.2) is 0 Å². The highest BCUT2D eigenvalue weighted by atomic mass is 16.5. The van der Waals surface area contributed by atoms with Gasteiger partial charge in [0.05, 0.1) is 13.7 Å². The van der Waals surface area contributed by atoms with Crippen molar-refractivity contribution < 1.29 is 14.3 Å². The molecule has 0 fully saturated rings. The Kier molecular flexibility index (Phi) is 8.40. The Hall–Kier alpha value is -1.10. The zero-order valence-corrected chi connectivity index (χ0v) is 11.3. The van der Waals surface area contributed by atoms with Crippen molar-refractivity contribution in [3.8, 4) is 0 Å². The number of hydrogen-bond donors (Lipinski definition) is 1. The van der Waals surface area contributed by atoms with Crippen molar-refractivity contribution in [2.75, 3.05) is 27.2 Å². The lowest BCUT2D eigenvalue weighted by atomic mass is 10.2. The fourth-order valence-corrected chi connectivity index (χ4v) is 1.34. The van der Waals surface area contributed by atoms with Crippen molar-refractivity contribution in [3.05, 3.63) is 0 Å². The van der Waals surface area contributed by atoms with Crippen LogP contribution >= 0.6 is 0 Å². The molecule has 100 valence electrons. The first-order valence-electron chi connectivity index (χ1n) is 6.04. The third kappa shape index (κ3) is 8.68. The third-order valence-corrected chi connectivity index (χ3v) is 2.58. The molecule has 1 unspecified atom stereocenters. The molecule has 0 aromatic carbocycles. The van der Waals surface area contributed by atoms with Crippen LogP contribution < -0.4 is 5.32 Å². The lowest BCUT2D eigenvalue weighted by Gasteiger charge is -2.17. The maximum Gasteiger partial charge on any atom is 0.305 e. The number of methoxy groups -OCH3 is 1. The molecule has 0 aromatic rings. The van der Waals surface area contributed by atoms with E-state index < -0.39 is 0 Å². The number of rotatable bonds is 8. The van der Waals surface area contributed by atoms with Crippen LogP contribution in [0.4, 0.5) is 0 Å². The highest BCUT2D eigenvalue weighted by Crippen LogP contribution is 1.95. The monoisotopic (exact) mass is 244 g/mol. The lowest BCUT2D eigenvalue weighted by molar-refractivity contribution is -0.140. The zero-order chi connectivity index (χ0) is 13.3. The van der Waals surface area contributed by atoms with Crippen LogP contribution in [0.5, 0.6) is 0 Å². The number of ether oxygens (including phenoxy) is 1. The third-order valence-electron chi connectivity index (χ3n) is 2.58. The first kappa shape index (κ1) is 15.9. The largest absolute Gasteiger partial charge is 0.469 e. The van der Waals surface area contributed by atoms with Crippen LogP contribution in [-0.4, -0.2) is 50.1 Å². The number of nitrogens with zero attached hydrogens (tertiary/aromatic N) is 1. The van der Waals surface area contributed by atoms with E-state index in [0.717, 1.165) is 6.42 Å². The standard InChI is InChI=1S/C12H24N2O3/c1-5-10(2)13-11(15)9-14(3)8-6-7-12(16)17-4/h10H,5-9H2,1-4H3,(H,13,15). The molecular formula is C12H24N2O3. The summed E-state index contributed by atoms with van der Waals surface area (Å²) in [5.41, 5.74) is 0. The summed E-state index contributed by atoms with van der Waals surface area (Å²) < 4.78 is 4.54. The number of likely N-dealkylation sites (N-methyl/N-ethyl adjacent to an activating group) is 1. The zero-order valence-electron chi connectivity index (χ0n) is 11.3. The maximum atomic E-state index is 11.5. The summed E-state index contributed by atoms with van der Waals surface area (Å²) in [6, 6.07) is 0.214. The molecule has 5 heteroatoms. The minimum atomic E-state index is -0.206. The molecule has 17 heavy (non-hydrogen) atoms. The Morgan fingerprint density at radius 1 is 1.41 bits per heavy atom. The van der Waals surface area contributed by atoms with E-state index in [2.05, 4.69) is 10.1 Å². The summed E-state index contributed by atoms with van der Waals surface area (Å²) in [5.74, 6) is -0.178. The van der Waals surface area contributed by atoms with E-state index in [-0.39, 0.29) is 17.9 Å². The van der Waals surface area contributed by atoms with Crippen LogP contribution in [0.3, 0.4) is 0 Å². The summed E-state index contributed by atoms with van der Waals surface area (Å²) in [6.45, 7) is 5.09. The molecule has 0 heterocycles. The Balaban J connectivity index is 3.67. The molecule has 0 aromatic heterocycles. The van der Waals surface area contributed by atoms with Crippen molar-refractivity contribution in [1.29, 1.82) is 0 Å². The van der Waals surface area contributed by atoms with Crippen molar-refractivity contribution >= 4 is 11.9 Å².